The van der Waals surface area contributed by atoms with Crippen LogP contribution in [0.3, 0.4) is 0 Å². The first-order valence-electron chi connectivity index (χ1n) is 7.93. The summed E-state index contributed by atoms with van der Waals surface area (Å²) in [5.41, 5.74) is 1.92. The highest BCUT2D eigenvalue weighted by Crippen LogP contribution is 2.31. The summed E-state index contributed by atoms with van der Waals surface area (Å²) in [7, 11) is 0. The Morgan fingerprint density at radius 1 is 1.33 bits per heavy atom. The van der Waals surface area contributed by atoms with Crippen LogP contribution in [0.5, 0.6) is 0 Å². The van der Waals surface area contributed by atoms with Gasteiger partial charge in [-0.2, -0.15) is 0 Å². The standard InChI is InChI=1S/C17H23BrN2O/c1-12-4-2-6-15(16(12)18)17(21)20(10-13-7-8-13)11-14-5-3-9-19-14/h2,4,6,13-14,19H,3,5,7-11H2,1H3. The van der Waals surface area contributed by atoms with Crippen LogP contribution in [0.1, 0.15) is 41.6 Å². The van der Waals surface area contributed by atoms with Crippen LogP contribution in [-0.4, -0.2) is 36.5 Å². The first kappa shape index (κ1) is 15.0. The number of carbonyl (C=O) groups is 1. The molecule has 1 saturated carbocycles. The molecule has 1 amide bonds. The lowest BCUT2D eigenvalue weighted by molar-refractivity contribution is 0.0732. The molecular weight excluding hydrogens is 328 g/mol. The summed E-state index contributed by atoms with van der Waals surface area (Å²) in [5.74, 6) is 0.894. The summed E-state index contributed by atoms with van der Waals surface area (Å²) in [5, 5.41) is 3.51. The lowest BCUT2D eigenvalue weighted by Gasteiger charge is -2.26. The molecule has 3 rings (SSSR count). The second-order valence-electron chi connectivity index (χ2n) is 6.38. The van der Waals surface area contributed by atoms with Crippen molar-refractivity contribution in [1.82, 2.24) is 10.2 Å². The van der Waals surface area contributed by atoms with E-state index in [2.05, 4.69) is 26.1 Å². The SMILES string of the molecule is Cc1cccc(C(=O)N(CC2CC2)CC2CCCN2)c1Br. The number of nitrogens with zero attached hydrogens (tertiary/aromatic N) is 1. The van der Waals surface area contributed by atoms with Gasteiger partial charge in [0.05, 0.1) is 5.56 Å². The Morgan fingerprint density at radius 3 is 2.81 bits per heavy atom. The summed E-state index contributed by atoms with van der Waals surface area (Å²) >= 11 is 3.58. The van der Waals surface area contributed by atoms with Gasteiger partial charge in [0.2, 0.25) is 0 Å². The molecule has 1 aromatic rings. The number of carbonyl (C=O) groups excluding carboxylic acids is 1. The van der Waals surface area contributed by atoms with Gasteiger partial charge in [-0.3, -0.25) is 4.79 Å². The van der Waals surface area contributed by atoms with Crippen LogP contribution in [0.4, 0.5) is 0 Å². The third kappa shape index (κ3) is 3.67. The van der Waals surface area contributed by atoms with E-state index >= 15 is 0 Å². The third-order valence-electron chi connectivity index (χ3n) is 4.49. The molecule has 1 aromatic carbocycles. The number of halogens is 1. The molecule has 3 nitrogen and oxygen atoms in total. The van der Waals surface area contributed by atoms with Gasteiger partial charge in [-0.05, 0) is 72.6 Å². The lowest BCUT2D eigenvalue weighted by Crippen LogP contribution is -2.42. The highest BCUT2D eigenvalue weighted by atomic mass is 79.9. The zero-order chi connectivity index (χ0) is 14.8. The van der Waals surface area contributed by atoms with Crippen LogP contribution in [-0.2, 0) is 0 Å². The van der Waals surface area contributed by atoms with Crippen molar-refractivity contribution in [2.45, 2.75) is 38.6 Å². The minimum Gasteiger partial charge on any atom is -0.337 e. The molecule has 4 heteroatoms. The van der Waals surface area contributed by atoms with E-state index in [-0.39, 0.29) is 5.91 Å². The van der Waals surface area contributed by atoms with Crippen LogP contribution < -0.4 is 5.32 Å². The van der Waals surface area contributed by atoms with Crippen molar-refractivity contribution in [3.05, 3.63) is 33.8 Å². The average molecular weight is 351 g/mol. The van der Waals surface area contributed by atoms with Gasteiger partial charge in [0.15, 0.2) is 0 Å². The highest BCUT2D eigenvalue weighted by molar-refractivity contribution is 9.10. The van der Waals surface area contributed by atoms with Crippen LogP contribution >= 0.6 is 15.9 Å². The Bertz CT molecular complexity index is 522. The van der Waals surface area contributed by atoms with Crippen LogP contribution in [0, 0.1) is 12.8 Å². The Kier molecular flexibility index (Phi) is 4.65. The fraction of sp³-hybridized carbons (Fsp3) is 0.588. The van der Waals surface area contributed by atoms with Crippen molar-refractivity contribution in [2.75, 3.05) is 19.6 Å². The highest BCUT2D eigenvalue weighted by Gasteiger charge is 2.30. The van der Waals surface area contributed by atoms with Crippen molar-refractivity contribution in [1.29, 1.82) is 0 Å². The smallest absolute Gasteiger partial charge is 0.255 e. The maximum atomic E-state index is 12.9. The van der Waals surface area contributed by atoms with Crippen LogP contribution in [0.2, 0.25) is 0 Å². The van der Waals surface area contributed by atoms with Gasteiger partial charge < -0.3 is 10.2 Å². The predicted molar refractivity (Wildman–Crippen MR) is 88.5 cm³/mol. The van der Waals surface area contributed by atoms with Gasteiger partial charge in [-0.25, -0.2) is 0 Å². The van der Waals surface area contributed by atoms with Crippen molar-refractivity contribution < 1.29 is 4.79 Å². The Hall–Kier alpha value is -0.870. The van der Waals surface area contributed by atoms with Gasteiger partial charge in [0, 0.05) is 23.6 Å². The minimum absolute atomic E-state index is 0.172. The normalized spacial score (nSPS) is 21.5. The molecule has 0 radical (unpaired) electrons. The fourth-order valence-corrected chi connectivity index (χ4v) is 3.45. The molecule has 0 bridgehead atoms. The maximum Gasteiger partial charge on any atom is 0.255 e. The molecule has 1 N–H and O–H groups in total. The predicted octanol–water partition coefficient (Wildman–Crippen LogP) is 3.36. The van der Waals surface area contributed by atoms with E-state index in [1.54, 1.807) is 0 Å². The van der Waals surface area contributed by atoms with Gasteiger partial charge in [0.1, 0.15) is 0 Å². The zero-order valence-corrected chi connectivity index (χ0v) is 14.2. The van der Waals surface area contributed by atoms with E-state index in [4.69, 9.17) is 0 Å². The number of benzene rings is 1. The first-order valence-corrected chi connectivity index (χ1v) is 8.72. The van der Waals surface area contributed by atoms with Crippen molar-refractivity contribution in [2.24, 2.45) is 5.92 Å². The Labute approximate surface area is 135 Å². The number of aryl methyl sites for hydroxylation is 1. The van der Waals surface area contributed by atoms with E-state index in [0.29, 0.717) is 6.04 Å². The van der Waals surface area contributed by atoms with E-state index in [1.165, 1.54) is 25.7 Å². The van der Waals surface area contributed by atoms with Crippen LogP contribution in [0.25, 0.3) is 0 Å². The Morgan fingerprint density at radius 2 is 2.14 bits per heavy atom. The number of hydrogen-bond donors (Lipinski definition) is 1. The number of amides is 1. The molecule has 0 spiro atoms. The number of nitrogens with one attached hydrogen (secondary N) is 1. The summed E-state index contributed by atoms with van der Waals surface area (Å²) in [4.78, 5) is 15.0. The molecule has 114 valence electrons. The van der Waals surface area contributed by atoms with E-state index in [0.717, 1.165) is 41.2 Å². The summed E-state index contributed by atoms with van der Waals surface area (Å²) in [6.45, 7) is 4.88. The van der Waals surface area contributed by atoms with E-state index in [9.17, 15) is 4.79 Å². The summed E-state index contributed by atoms with van der Waals surface area (Å²) in [6.07, 6.45) is 4.96. The van der Waals surface area contributed by atoms with Crippen molar-refractivity contribution in [3.8, 4) is 0 Å². The van der Waals surface area contributed by atoms with E-state index in [1.807, 2.05) is 25.1 Å². The second-order valence-corrected chi connectivity index (χ2v) is 7.18. The molecule has 1 aliphatic heterocycles. The summed E-state index contributed by atoms with van der Waals surface area (Å²) in [6, 6.07) is 6.40. The molecule has 1 unspecified atom stereocenters. The quantitative estimate of drug-likeness (QED) is 0.882. The molecule has 1 heterocycles. The molecule has 2 fully saturated rings. The maximum absolute atomic E-state index is 12.9. The van der Waals surface area contributed by atoms with E-state index < -0.39 is 0 Å². The largest absolute Gasteiger partial charge is 0.337 e. The fourth-order valence-electron chi connectivity index (χ4n) is 3.01. The molecule has 1 aliphatic carbocycles. The van der Waals surface area contributed by atoms with Crippen molar-refractivity contribution in [3.63, 3.8) is 0 Å². The van der Waals surface area contributed by atoms with Gasteiger partial charge in [-0.15, -0.1) is 0 Å². The molecule has 2 aliphatic rings. The van der Waals surface area contributed by atoms with Crippen LogP contribution in [0.15, 0.2) is 22.7 Å². The van der Waals surface area contributed by atoms with Crippen molar-refractivity contribution >= 4 is 21.8 Å². The average Bonchev–Trinajstić information content (AvgIpc) is 3.14. The monoisotopic (exact) mass is 350 g/mol. The lowest BCUT2D eigenvalue weighted by atomic mass is 10.1. The first-order chi connectivity index (χ1) is 10.1. The molecule has 1 atom stereocenters. The topological polar surface area (TPSA) is 32.3 Å². The minimum atomic E-state index is 0.172. The number of hydrogen-bond acceptors (Lipinski definition) is 2. The van der Waals surface area contributed by atoms with Gasteiger partial charge >= 0.3 is 0 Å². The zero-order valence-electron chi connectivity index (χ0n) is 12.6. The second kappa shape index (κ2) is 6.49. The Balaban J connectivity index is 1.76. The molecular formula is C17H23BrN2O. The van der Waals surface area contributed by atoms with Gasteiger partial charge in [0.25, 0.3) is 5.91 Å². The summed E-state index contributed by atoms with van der Waals surface area (Å²) < 4.78 is 0.940. The molecule has 21 heavy (non-hydrogen) atoms. The third-order valence-corrected chi connectivity index (χ3v) is 5.54. The molecule has 1 saturated heterocycles. The van der Waals surface area contributed by atoms with Gasteiger partial charge in [-0.1, -0.05) is 12.1 Å². The number of rotatable bonds is 5. The molecule has 0 aromatic heterocycles.